The second-order valence-electron chi connectivity index (χ2n) is 4.80. The van der Waals surface area contributed by atoms with Gasteiger partial charge < -0.3 is 0 Å². The van der Waals surface area contributed by atoms with Gasteiger partial charge in [0.2, 0.25) is 0 Å². The number of nitrogens with zero attached hydrogens (tertiary/aromatic N) is 3. The molecule has 0 radical (unpaired) electrons. The number of rotatable bonds is 2. The van der Waals surface area contributed by atoms with Crippen molar-refractivity contribution in [3.05, 3.63) is 39.5 Å². The molecule has 0 aliphatic rings. The molecule has 3 nitrogen and oxygen atoms in total. The van der Waals surface area contributed by atoms with E-state index in [-0.39, 0.29) is 0 Å². The van der Waals surface area contributed by atoms with E-state index in [1.807, 2.05) is 20.0 Å². The molecule has 0 unspecified atom stereocenters. The summed E-state index contributed by atoms with van der Waals surface area (Å²) in [4.78, 5) is 15.7. The van der Waals surface area contributed by atoms with E-state index in [1.165, 1.54) is 4.88 Å². The van der Waals surface area contributed by atoms with Crippen LogP contribution in [0, 0.1) is 13.8 Å². The fourth-order valence-electron chi connectivity index (χ4n) is 2.17. The Morgan fingerprint density at radius 2 is 2.00 bits per heavy atom. The number of hydrogen-bond acceptors (Lipinski definition) is 4. The summed E-state index contributed by atoms with van der Waals surface area (Å²) in [6.07, 6.45) is 2.81. The molecule has 20 heavy (non-hydrogen) atoms. The van der Waals surface area contributed by atoms with Crippen molar-refractivity contribution in [2.75, 3.05) is 0 Å². The fraction of sp³-hybridized carbons (Fsp3) is 0.267. The van der Waals surface area contributed by atoms with Crippen molar-refractivity contribution >= 4 is 33.2 Å². The van der Waals surface area contributed by atoms with E-state index < -0.39 is 0 Å². The lowest BCUT2D eigenvalue weighted by molar-refractivity contribution is 1.14. The molecular formula is C15H14ClN3S. The zero-order valence-electron chi connectivity index (χ0n) is 11.6. The Hall–Kier alpha value is -1.52. The molecule has 0 aliphatic carbocycles. The summed E-state index contributed by atoms with van der Waals surface area (Å²) in [6.45, 7) is 6.16. The standard InChI is InChI=1S/C15H14ClN3S/c1-4-10-6-11-13(16)18-14(19-15(11)20-10)12-9(3)5-8(2)7-17-12/h5-7H,4H2,1-3H3. The number of aromatic nitrogens is 3. The fourth-order valence-corrected chi connectivity index (χ4v) is 3.41. The van der Waals surface area contributed by atoms with Crippen molar-refractivity contribution in [2.45, 2.75) is 27.2 Å². The molecule has 0 saturated carbocycles. The van der Waals surface area contributed by atoms with E-state index >= 15 is 0 Å². The lowest BCUT2D eigenvalue weighted by Gasteiger charge is -2.05. The first-order valence-corrected chi connectivity index (χ1v) is 7.67. The summed E-state index contributed by atoms with van der Waals surface area (Å²) in [5.41, 5.74) is 2.99. The topological polar surface area (TPSA) is 38.7 Å². The monoisotopic (exact) mass is 303 g/mol. The van der Waals surface area contributed by atoms with E-state index in [0.717, 1.165) is 33.5 Å². The Bertz CT molecular complexity index is 795. The first-order valence-electron chi connectivity index (χ1n) is 6.48. The van der Waals surface area contributed by atoms with Gasteiger partial charge in [-0.2, -0.15) is 0 Å². The van der Waals surface area contributed by atoms with Crippen molar-refractivity contribution in [3.63, 3.8) is 0 Å². The Labute approximate surface area is 126 Å². The number of aryl methyl sites for hydroxylation is 3. The van der Waals surface area contributed by atoms with Crippen molar-refractivity contribution in [1.82, 2.24) is 15.0 Å². The second-order valence-corrected chi connectivity index (χ2v) is 6.27. The van der Waals surface area contributed by atoms with Crippen LogP contribution in [0.25, 0.3) is 21.7 Å². The van der Waals surface area contributed by atoms with Gasteiger partial charge in [-0.05, 0) is 37.5 Å². The Balaban J connectivity index is 2.21. The maximum Gasteiger partial charge on any atom is 0.181 e. The van der Waals surface area contributed by atoms with Crippen LogP contribution in [-0.2, 0) is 6.42 Å². The number of pyridine rings is 1. The molecule has 0 atom stereocenters. The summed E-state index contributed by atoms with van der Waals surface area (Å²) >= 11 is 7.96. The first-order chi connectivity index (χ1) is 9.58. The molecule has 0 bridgehead atoms. The third-order valence-electron chi connectivity index (χ3n) is 3.17. The lowest BCUT2D eigenvalue weighted by Crippen LogP contribution is -1.95. The lowest BCUT2D eigenvalue weighted by atomic mass is 10.1. The van der Waals surface area contributed by atoms with E-state index in [9.17, 15) is 0 Å². The van der Waals surface area contributed by atoms with E-state index in [2.05, 4.69) is 34.0 Å². The first kappa shape index (κ1) is 13.5. The van der Waals surface area contributed by atoms with Crippen LogP contribution in [0.5, 0.6) is 0 Å². The van der Waals surface area contributed by atoms with Crippen LogP contribution in [0.1, 0.15) is 22.9 Å². The highest BCUT2D eigenvalue weighted by Crippen LogP contribution is 2.31. The molecule has 5 heteroatoms. The molecule has 0 aromatic carbocycles. The van der Waals surface area contributed by atoms with Crippen LogP contribution in [0.2, 0.25) is 5.15 Å². The Morgan fingerprint density at radius 1 is 1.20 bits per heavy atom. The number of hydrogen-bond donors (Lipinski definition) is 0. The van der Waals surface area contributed by atoms with Crippen LogP contribution in [-0.4, -0.2) is 15.0 Å². The number of thiophene rings is 1. The summed E-state index contributed by atoms with van der Waals surface area (Å²) in [6, 6.07) is 4.15. The molecular weight excluding hydrogens is 290 g/mol. The molecule has 3 heterocycles. The van der Waals surface area contributed by atoms with Gasteiger partial charge in [-0.15, -0.1) is 11.3 Å². The van der Waals surface area contributed by atoms with Gasteiger partial charge in [0, 0.05) is 16.5 Å². The number of fused-ring (bicyclic) bond motifs is 1. The molecule has 0 spiro atoms. The summed E-state index contributed by atoms with van der Waals surface area (Å²) in [5, 5.41) is 1.43. The van der Waals surface area contributed by atoms with E-state index in [1.54, 1.807) is 11.3 Å². The van der Waals surface area contributed by atoms with Crippen molar-refractivity contribution in [2.24, 2.45) is 0 Å². The maximum absolute atomic E-state index is 6.29. The van der Waals surface area contributed by atoms with Gasteiger partial charge in [0.05, 0.1) is 0 Å². The van der Waals surface area contributed by atoms with Crippen LogP contribution in [0.15, 0.2) is 18.3 Å². The average molecular weight is 304 g/mol. The van der Waals surface area contributed by atoms with Crippen molar-refractivity contribution in [3.8, 4) is 11.5 Å². The minimum Gasteiger partial charge on any atom is -0.252 e. The van der Waals surface area contributed by atoms with Crippen LogP contribution in [0.3, 0.4) is 0 Å². The maximum atomic E-state index is 6.29. The quantitative estimate of drug-likeness (QED) is 0.650. The summed E-state index contributed by atoms with van der Waals surface area (Å²) in [5.74, 6) is 0.601. The molecule has 0 aliphatic heterocycles. The van der Waals surface area contributed by atoms with Gasteiger partial charge >= 0.3 is 0 Å². The van der Waals surface area contributed by atoms with Crippen LogP contribution < -0.4 is 0 Å². The second kappa shape index (κ2) is 5.11. The van der Waals surface area contributed by atoms with Crippen LogP contribution in [0.4, 0.5) is 0 Å². The van der Waals surface area contributed by atoms with Gasteiger partial charge in [-0.1, -0.05) is 24.6 Å². The van der Waals surface area contributed by atoms with Gasteiger partial charge in [0.1, 0.15) is 15.7 Å². The zero-order chi connectivity index (χ0) is 14.3. The zero-order valence-corrected chi connectivity index (χ0v) is 13.1. The van der Waals surface area contributed by atoms with Gasteiger partial charge in [0.15, 0.2) is 5.82 Å². The van der Waals surface area contributed by atoms with Crippen molar-refractivity contribution in [1.29, 1.82) is 0 Å². The molecule has 0 amide bonds. The highest BCUT2D eigenvalue weighted by atomic mass is 35.5. The molecule has 102 valence electrons. The summed E-state index contributed by atoms with van der Waals surface area (Å²) in [7, 11) is 0. The SMILES string of the molecule is CCc1cc2c(Cl)nc(-c3ncc(C)cc3C)nc2s1. The van der Waals surface area contributed by atoms with E-state index in [0.29, 0.717) is 11.0 Å². The van der Waals surface area contributed by atoms with Crippen LogP contribution >= 0.6 is 22.9 Å². The molecule has 3 rings (SSSR count). The average Bonchev–Trinajstić information content (AvgIpc) is 2.82. The van der Waals surface area contributed by atoms with E-state index in [4.69, 9.17) is 11.6 Å². The third-order valence-corrected chi connectivity index (χ3v) is 4.63. The van der Waals surface area contributed by atoms with Crippen molar-refractivity contribution < 1.29 is 0 Å². The third kappa shape index (κ3) is 2.30. The predicted molar refractivity (Wildman–Crippen MR) is 84.5 cm³/mol. The Morgan fingerprint density at radius 3 is 2.70 bits per heavy atom. The summed E-state index contributed by atoms with van der Waals surface area (Å²) < 4.78 is 0. The molecule has 0 saturated heterocycles. The molecule has 3 aromatic heterocycles. The molecule has 0 fully saturated rings. The largest absolute Gasteiger partial charge is 0.252 e. The van der Waals surface area contributed by atoms with Gasteiger partial charge in [-0.25, -0.2) is 9.97 Å². The normalized spacial score (nSPS) is 11.2. The predicted octanol–water partition coefficient (Wildman–Crippen LogP) is 4.59. The van der Waals surface area contributed by atoms with Gasteiger partial charge in [-0.3, -0.25) is 4.98 Å². The minimum atomic E-state index is 0.503. The minimum absolute atomic E-state index is 0.503. The smallest absolute Gasteiger partial charge is 0.181 e. The highest BCUT2D eigenvalue weighted by molar-refractivity contribution is 7.18. The van der Waals surface area contributed by atoms with Gasteiger partial charge in [0.25, 0.3) is 0 Å². The highest BCUT2D eigenvalue weighted by Gasteiger charge is 2.13. The molecule has 0 N–H and O–H groups in total. The number of halogens is 1. The molecule has 3 aromatic rings. The Kier molecular flexibility index (Phi) is 3.44.